The van der Waals surface area contributed by atoms with Crippen LogP contribution in [0.25, 0.3) is 0 Å². The van der Waals surface area contributed by atoms with E-state index < -0.39 is 0 Å². The van der Waals surface area contributed by atoms with Gasteiger partial charge >= 0.3 is 0 Å². The molecule has 1 heterocycles. The zero-order valence-corrected chi connectivity index (χ0v) is 12.3. The van der Waals surface area contributed by atoms with Crippen molar-refractivity contribution in [2.24, 2.45) is 0 Å². The summed E-state index contributed by atoms with van der Waals surface area (Å²) in [4.78, 5) is 9.06. The van der Waals surface area contributed by atoms with Gasteiger partial charge in [0.2, 0.25) is 0 Å². The molecule has 0 saturated heterocycles. The Labute approximate surface area is 109 Å². The molecule has 0 saturated carbocycles. The molecule has 17 heavy (non-hydrogen) atoms. The predicted molar refractivity (Wildman–Crippen MR) is 75.2 cm³/mol. The fourth-order valence-electron chi connectivity index (χ4n) is 1.41. The molecular weight excluding hydrogens is 230 g/mol. The molecule has 3 nitrogen and oxygen atoms in total. The van der Waals surface area contributed by atoms with E-state index in [2.05, 4.69) is 49.0 Å². The second-order valence-corrected chi connectivity index (χ2v) is 6.38. The zero-order valence-electron chi connectivity index (χ0n) is 11.4. The van der Waals surface area contributed by atoms with Gasteiger partial charge in [-0.1, -0.05) is 27.7 Å². The monoisotopic (exact) mass is 253 g/mol. The van der Waals surface area contributed by atoms with E-state index >= 15 is 0 Å². The lowest BCUT2D eigenvalue weighted by atomic mass is 10.3. The SMILES string of the molecule is Cc1cc(CNC(C)C)nc(CSC(C)C)n1. The van der Waals surface area contributed by atoms with Crippen molar-refractivity contribution in [2.75, 3.05) is 0 Å². The molecule has 4 heteroatoms. The number of aromatic nitrogens is 2. The van der Waals surface area contributed by atoms with Gasteiger partial charge in [0.25, 0.3) is 0 Å². The minimum Gasteiger partial charge on any atom is -0.309 e. The van der Waals surface area contributed by atoms with Crippen molar-refractivity contribution in [3.05, 3.63) is 23.3 Å². The van der Waals surface area contributed by atoms with Crippen molar-refractivity contribution >= 4 is 11.8 Å². The van der Waals surface area contributed by atoms with E-state index in [1.807, 2.05) is 18.7 Å². The molecule has 0 radical (unpaired) electrons. The molecule has 0 aromatic carbocycles. The minimum absolute atomic E-state index is 0.485. The second-order valence-electron chi connectivity index (χ2n) is 4.81. The van der Waals surface area contributed by atoms with Crippen LogP contribution >= 0.6 is 11.8 Å². The van der Waals surface area contributed by atoms with Crippen LogP contribution in [0, 0.1) is 6.92 Å². The third-order valence-corrected chi connectivity index (χ3v) is 3.28. The standard InChI is InChI=1S/C13H23N3S/c1-9(2)14-7-12-6-11(5)15-13(16-12)8-17-10(3)4/h6,9-10,14H,7-8H2,1-5H3. The van der Waals surface area contributed by atoms with Gasteiger partial charge in [-0.15, -0.1) is 0 Å². The fourth-order valence-corrected chi connectivity index (χ4v) is 2.02. The lowest BCUT2D eigenvalue weighted by Crippen LogP contribution is -2.22. The molecule has 0 aliphatic rings. The van der Waals surface area contributed by atoms with Crippen molar-refractivity contribution < 1.29 is 0 Å². The van der Waals surface area contributed by atoms with E-state index in [-0.39, 0.29) is 0 Å². The Morgan fingerprint density at radius 2 is 1.94 bits per heavy atom. The van der Waals surface area contributed by atoms with Gasteiger partial charge in [-0.25, -0.2) is 9.97 Å². The van der Waals surface area contributed by atoms with Gasteiger partial charge in [-0.2, -0.15) is 11.8 Å². The zero-order chi connectivity index (χ0) is 12.8. The highest BCUT2D eigenvalue weighted by Gasteiger charge is 2.04. The Morgan fingerprint density at radius 3 is 2.53 bits per heavy atom. The van der Waals surface area contributed by atoms with Crippen LogP contribution in [0.15, 0.2) is 6.07 Å². The number of hydrogen-bond acceptors (Lipinski definition) is 4. The highest BCUT2D eigenvalue weighted by atomic mass is 32.2. The summed E-state index contributed by atoms with van der Waals surface area (Å²) >= 11 is 1.88. The van der Waals surface area contributed by atoms with Crippen LogP contribution in [0.3, 0.4) is 0 Å². The van der Waals surface area contributed by atoms with Crippen molar-refractivity contribution in [1.29, 1.82) is 0 Å². The molecule has 1 N–H and O–H groups in total. The number of nitrogens with one attached hydrogen (secondary N) is 1. The molecule has 0 aliphatic carbocycles. The Morgan fingerprint density at radius 1 is 1.24 bits per heavy atom. The minimum atomic E-state index is 0.485. The van der Waals surface area contributed by atoms with E-state index in [0.29, 0.717) is 11.3 Å². The molecule has 0 spiro atoms. The Bertz CT molecular complexity index is 320. The lowest BCUT2D eigenvalue weighted by molar-refractivity contribution is 0.579. The molecule has 1 aromatic heterocycles. The number of rotatable bonds is 6. The molecule has 0 aliphatic heterocycles. The largest absolute Gasteiger partial charge is 0.309 e. The maximum Gasteiger partial charge on any atom is 0.138 e. The Hall–Kier alpha value is -0.610. The molecule has 0 bridgehead atoms. The Kier molecular flexibility index (Phi) is 5.92. The number of aryl methyl sites for hydroxylation is 1. The summed E-state index contributed by atoms with van der Waals surface area (Å²) in [6.07, 6.45) is 0. The summed E-state index contributed by atoms with van der Waals surface area (Å²) in [5, 5.41) is 4.01. The maximum absolute atomic E-state index is 4.58. The van der Waals surface area contributed by atoms with E-state index in [1.165, 1.54) is 0 Å². The summed E-state index contributed by atoms with van der Waals surface area (Å²) in [6, 6.07) is 2.54. The molecule has 0 fully saturated rings. The average molecular weight is 253 g/mol. The molecule has 1 aromatic rings. The first kappa shape index (κ1) is 14.5. The van der Waals surface area contributed by atoms with Crippen molar-refractivity contribution in [3.63, 3.8) is 0 Å². The van der Waals surface area contributed by atoms with E-state index in [9.17, 15) is 0 Å². The van der Waals surface area contributed by atoms with Crippen molar-refractivity contribution in [3.8, 4) is 0 Å². The number of hydrogen-bond donors (Lipinski definition) is 1. The third kappa shape index (κ3) is 6.03. The molecule has 96 valence electrons. The first-order valence-corrected chi connectivity index (χ1v) is 7.20. The maximum atomic E-state index is 4.58. The lowest BCUT2D eigenvalue weighted by Gasteiger charge is -2.10. The fraction of sp³-hybridized carbons (Fsp3) is 0.692. The van der Waals surface area contributed by atoms with Crippen molar-refractivity contribution in [1.82, 2.24) is 15.3 Å². The van der Waals surface area contributed by atoms with Gasteiger partial charge < -0.3 is 5.32 Å². The molecule has 0 atom stereocenters. The number of thioether (sulfide) groups is 1. The van der Waals surface area contributed by atoms with Crippen LogP contribution in [0.5, 0.6) is 0 Å². The van der Waals surface area contributed by atoms with E-state index in [4.69, 9.17) is 0 Å². The van der Waals surface area contributed by atoms with E-state index in [0.717, 1.165) is 29.5 Å². The van der Waals surface area contributed by atoms with Gasteiger partial charge in [-0.3, -0.25) is 0 Å². The predicted octanol–water partition coefficient (Wildman–Crippen LogP) is 2.92. The number of nitrogens with zero attached hydrogens (tertiary/aromatic N) is 2. The van der Waals surface area contributed by atoms with Crippen LogP contribution in [0.1, 0.15) is 44.9 Å². The van der Waals surface area contributed by atoms with Gasteiger partial charge in [0.05, 0.1) is 11.4 Å². The molecule has 1 rings (SSSR count). The van der Waals surface area contributed by atoms with Crippen LogP contribution in [-0.2, 0) is 12.3 Å². The molecule has 0 amide bonds. The third-order valence-electron chi connectivity index (χ3n) is 2.19. The molecule has 0 unspecified atom stereocenters. The van der Waals surface area contributed by atoms with Gasteiger partial charge in [0.1, 0.15) is 5.82 Å². The van der Waals surface area contributed by atoms with Gasteiger partial charge in [0, 0.05) is 18.3 Å². The summed E-state index contributed by atoms with van der Waals surface area (Å²) in [7, 11) is 0. The van der Waals surface area contributed by atoms with Gasteiger partial charge in [-0.05, 0) is 18.2 Å². The highest BCUT2D eigenvalue weighted by molar-refractivity contribution is 7.99. The van der Waals surface area contributed by atoms with Crippen molar-refractivity contribution in [2.45, 2.75) is 58.2 Å². The quantitative estimate of drug-likeness (QED) is 0.846. The summed E-state index contributed by atoms with van der Waals surface area (Å²) in [5.41, 5.74) is 2.14. The summed E-state index contributed by atoms with van der Waals surface area (Å²) in [6.45, 7) is 11.5. The Balaban J connectivity index is 2.65. The van der Waals surface area contributed by atoms with E-state index in [1.54, 1.807) is 0 Å². The topological polar surface area (TPSA) is 37.8 Å². The van der Waals surface area contributed by atoms with Crippen LogP contribution < -0.4 is 5.32 Å². The smallest absolute Gasteiger partial charge is 0.138 e. The summed E-state index contributed by atoms with van der Waals surface area (Å²) < 4.78 is 0. The highest BCUT2D eigenvalue weighted by Crippen LogP contribution is 2.15. The normalized spacial score (nSPS) is 11.5. The van der Waals surface area contributed by atoms with Gasteiger partial charge in [0.15, 0.2) is 0 Å². The average Bonchev–Trinajstić information content (AvgIpc) is 2.23. The van der Waals surface area contributed by atoms with Crippen LogP contribution in [0.2, 0.25) is 0 Å². The van der Waals surface area contributed by atoms with Crippen LogP contribution in [-0.4, -0.2) is 21.3 Å². The molecular formula is C13H23N3S. The van der Waals surface area contributed by atoms with Crippen LogP contribution in [0.4, 0.5) is 0 Å². The first-order chi connectivity index (χ1) is 7.97. The first-order valence-electron chi connectivity index (χ1n) is 6.15. The summed E-state index contributed by atoms with van der Waals surface area (Å²) in [5.74, 6) is 1.85. The second kappa shape index (κ2) is 6.97.